The average molecular weight is 376 g/mol. The van der Waals surface area contributed by atoms with Crippen LogP contribution in [-0.4, -0.2) is 26.4 Å². The summed E-state index contributed by atoms with van der Waals surface area (Å²) in [5.41, 5.74) is 11.2. The Balaban J connectivity index is 2.25. The number of primary amides is 1. The van der Waals surface area contributed by atoms with E-state index in [1.165, 1.54) is 18.2 Å². The van der Waals surface area contributed by atoms with Gasteiger partial charge in [-0.15, -0.1) is 0 Å². The minimum atomic E-state index is -3.71. The minimum absolute atomic E-state index is 0.0184. The molecule has 2 unspecified atom stereocenters. The monoisotopic (exact) mass is 375 g/mol. The molecule has 2 atom stereocenters. The molecule has 1 aromatic carbocycles. The molecule has 21 heavy (non-hydrogen) atoms. The summed E-state index contributed by atoms with van der Waals surface area (Å²) in [5, 5.41) is 0. The number of benzene rings is 1. The lowest BCUT2D eigenvalue weighted by Gasteiger charge is -2.27. The highest BCUT2D eigenvalue weighted by Gasteiger charge is 2.25. The first-order chi connectivity index (χ1) is 9.78. The molecule has 6 nitrogen and oxygen atoms in total. The van der Waals surface area contributed by atoms with Gasteiger partial charge in [0.15, 0.2) is 0 Å². The zero-order valence-electron chi connectivity index (χ0n) is 11.4. The Morgan fingerprint density at radius 3 is 2.62 bits per heavy atom. The predicted octanol–water partition coefficient (Wildman–Crippen LogP) is 1.10. The first-order valence-electron chi connectivity index (χ1n) is 6.66. The maximum absolute atomic E-state index is 12.4. The summed E-state index contributed by atoms with van der Waals surface area (Å²) in [6, 6.07) is 4.05. The Morgan fingerprint density at radius 2 is 2.00 bits per heavy atom. The molecule has 0 heterocycles. The van der Waals surface area contributed by atoms with Gasteiger partial charge in [-0.05, 0) is 37.5 Å². The van der Waals surface area contributed by atoms with Crippen molar-refractivity contribution in [2.24, 2.45) is 11.5 Å². The Morgan fingerprint density at radius 1 is 1.29 bits per heavy atom. The first kappa shape index (κ1) is 16.4. The third-order valence-corrected chi connectivity index (χ3v) is 5.46. The van der Waals surface area contributed by atoms with Crippen molar-refractivity contribution in [3.8, 4) is 0 Å². The molecule has 1 aliphatic carbocycles. The van der Waals surface area contributed by atoms with Crippen molar-refractivity contribution in [1.29, 1.82) is 0 Å². The van der Waals surface area contributed by atoms with Crippen LogP contribution in [0.25, 0.3) is 0 Å². The van der Waals surface area contributed by atoms with E-state index in [0.717, 1.165) is 19.3 Å². The normalized spacial score (nSPS) is 23.0. The molecule has 0 spiro atoms. The highest BCUT2D eigenvalue weighted by atomic mass is 79.9. The lowest BCUT2D eigenvalue weighted by molar-refractivity contribution is 0.1000. The fourth-order valence-corrected chi connectivity index (χ4v) is 4.48. The second-order valence-corrected chi connectivity index (χ2v) is 7.91. The van der Waals surface area contributed by atoms with Gasteiger partial charge in [-0.3, -0.25) is 4.79 Å². The molecule has 1 saturated carbocycles. The summed E-state index contributed by atoms with van der Waals surface area (Å²) < 4.78 is 28.0. The van der Waals surface area contributed by atoms with Gasteiger partial charge in [0.05, 0.1) is 4.90 Å². The van der Waals surface area contributed by atoms with Crippen LogP contribution >= 0.6 is 15.9 Å². The predicted molar refractivity (Wildman–Crippen MR) is 83.2 cm³/mol. The summed E-state index contributed by atoms with van der Waals surface area (Å²) in [4.78, 5) is 11.3. The molecule has 5 N–H and O–H groups in total. The van der Waals surface area contributed by atoms with E-state index in [1.54, 1.807) is 0 Å². The van der Waals surface area contributed by atoms with Crippen LogP contribution in [0.5, 0.6) is 0 Å². The van der Waals surface area contributed by atoms with Crippen LogP contribution in [0.1, 0.15) is 36.0 Å². The smallest absolute Gasteiger partial charge is 0.248 e. The van der Waals surface area contributed by atoms with Crippen molar-refractivity contribution in [3.05, 3.63) is 28.2 Å². The summed E-state index contributed by atoms with van der Waals surface area (Å²) in [6.45, 7) is 0. The van der Waals surface area contributed by atoms with Gasteiger partial charge < -0.3 is 11.5 Å². The molecule has 1 fully saturated rings. The third kappa shape index (κ3) is 4.26. The van der Waals surface area contributed by atoms with Crippen molar-refractivity contribution in [3.63, 3.8) is 0 Å². The summed E-state index contributed by atoms with van der Waals surface area (Å²) in [5.74, 6) is -0.674. The molecule has 1 amide bonds. The van der Waals surface area contributed by atoms with Crippen LogP contribution in [-0.2, 0) is 10.0 Å². The molecule has 0 bridgehead atoms. The fourth-order valence-electron chi connectivity index (χ4n) is 2.48. The molecular weight excluding hydrogens is 358 g/mol. The van der Waals surface area contributed by atoms with E-state index in [9.17, 15) is 13.2 Å². The Hall–Kier alpha value is -0.960. The summed E-state index contributed by atoms with van der Waals surface area (Å²) in [7, 11) is -3.71. The van der Waals surface area contributed by atoms with E-state index in [-0.39, 0.29) is 22.5 Å². The van der Waals surface area contributed by atoms with E-state index >= 15 is 0 Å². The van der Waals surface area contributed by atoms with Crippen LogP contribution < -0.4 is 16.2 Å². The number of hydrogen-bond donors (Lipinski definition) is 3. The standard InChI is InChI=1S/C13H18BrN3O3S/c14-9-4-8(13(16)18)5-12(6-9)21(19,20)17-11-3-1-2-10(15)7-11/h4-6,10-11,17H,1-3,7,15H2,(H2,16,18). The zero-order chi connectivity index (χ0) is 15.6. The number of hydrogen-bond acceptors (Lipinski definition) is 4. The Kier molecular flexibility index (Phi) is 5.03. The number of halogens is 1. The maximum Gasteiger partial charge on any atom is 0.248 e. The summed E-state index contributed by atoms with van der Waals surface area (Å²) >= 11 is 3.19. The van der Waals surface area contributed by atoms with Crippen LogP contribution in [0.3, 0.4) is 0 Å². The van der Waals surface area contributed by atoms with Gasteiger partial charge in [0.1, 0.15) is 0 Å². The average Bonchev–Trinajstić information content (AvgIpc) is 2.37. The molecule has 0 aromatic heterocycles. The van der Waals surface area contributed by atoms with Gasteiger partial charge in [-0.1, -0.05) is 22.4 Å². The highest BCUT2D eigenvalue weighted by Crippen LogP contribution is 2.22. The van der Waals surface area contributed by atoms with E-state index in [2.05, 4.69) is 20.7 Å². The number of nitrogens with two attached hydrogens (primary N) is 2. The Labute approximate surface area is 132 Å². The van der Waals surface area contributed by atoms with E-state index < -0.39 is 15.9 Å². The van der Waals surface area contributed by atoms with Gasteiger partial charge in [0.25, 0.3) is 0 Å². The minimum Gasteiger partial charge on any atom is -0.366 e. The van der Waals surface area contributed by atoms with Crippen molar-refractivity contribution in [2.75, 3.05) is 0 Å². The lowest BCUT2D eigenvalue weighted by Crippen LogP contribution is -2.42. The number of amides is 1. The highest BCUT2D eigenvalue weighted by molar-refractivity contribution is 9.10. The molecule has 2 rings (SSSR count). The molecule has 8 heteroatoms. The maximum atomic E-state index is 12.4. The third-order valence-electron chi connectivity index (χ3n) is 3.50. The molecule has 0 aliphatic heterocycles. The lowest BCUT2D eigenvalue weighted by atomic mass is 9.92. The van der Waals surface area contributed by atoms with Crippen molar-refractivity contribution in [1.82, 2.24) is 4.72 Å². The molecule has 0 radical (unpaired) electrons. The molecule has 0 saturated heterocycles. The van der Waals surface area contributed by atoms with Gasteiger partial charge in [0.2, 0.25) is 15.9 Å². The van der Waals surface area contributed by atoms with Crippen molar-refractivity contribution < 1.29 is 13.2 Å². The van der Waals surface area contributed by atoms with Crippen molar-refractivity contribution in [2.45, 2.75) is 42.7 Å². The fraction of sp³-hybridized carbons (Fsp3) is 0.462. The topological polar surface area (TPSA) is 115 Å². The van der Waals surface area contributed by atoms with Gasteiger partial charge in [-0.2, -0.15) is 0 Å². The van der Waals surface area contributed by atoms with Crippen molar-refractivity contribution >= 4 is 31.9 Å². The largest absolute Gasteiger partial charge is 0.366 e. The SMILES string of the molecule is NC(=O)c1cc(Br)cc(S(=O)(=O)NC2CCCC(N)C2)c1. The van der Waals surface area contributed by atoms with Gasteiger partial charge >= 0.3 is 0 Å². The molecule has 116 valence electrons. The zero-order valence-corrected chi connectivity index (χ0v) is 13.8. The summed E-state index contributed by atoms with van der Waals surface area (Å²) in [6.07, 6.45) is 3.21. The van der Waals surface area contributed by atoms with Gasteiger partial charge in [0, 0.05) is 22.1 Å². The molecule has 1 aromatic rings. The number of nitrogens with one attached hydrogen (secondary N) is 1. The number of carbonyl (C=O) groups is 1. The number of sulfonamides is 1. The Bertz CT molecular complexity index is 648. The number of rotatable bonds is 4. The first-order valence-corrected chi connectivity index (χ1v) is 8.94. The molecular formula is C13H18BrN3O3S. The second kappa shape index (κ2) is 6.43. The van der Waals surface area contributed by atoms with Gasteiger partial charge in [-0.25, -0.2) is 13.1 Å². The van der Waals surface area contributed by atoms with Crippen LogP contribution in [0.15, 0.2) is 27.6 Å². The molecule has 1 aliphatic rings. The van der Waals surface area contributed by atoms with E-state index in [4.69, 9.17) is 11.5 Å². The quantitative estimate of drug-likeness (QED) is 0.730. The van der Waals surface area contributed by atoms with E-state index in [0.29, 0.717) is 10.9 Å². The number of carbonyl (C=O) groups excluding carboxylic acids is 1. The van der Waals surface area contributed by atoms with Crippen LogP contribution in [0.2, 0.25) is 0 Å². The van der Waals surface area contributed by atoms with E-state index in [1.807, 2.05) is 0 Å². The van der Waals surface area contributed by atoms with Crippen LogP contribution in [0, 0.1) is 0 Å². The second-order valence-electron chi connectivity index (χ2n) is 5.28. The van der Waals surface area contributed by atoms with Crippen LogP contribution in [0.4, 0.5) is 0 Å².